The molecule has 0 radical (unpaired) electrons. The van der Waals surface area contributed by atoms with E-state index >= 15 is 0 Å². The first kappa shape index (κ1) is 7.03. The molecule has 0 unspecified atom stereocenters. The number of hydrogen-bond donors (Lipinski definition) is 2. The molecular weight excluding hydrogens is 114 g/mol. The van der Waals surface area contributed by atoms with Crippen LogP contribution in [-0.4, -0.2) is 17.8 Å². The van der Waals surface area contributed by atoms with Crippen LogP contribution in [0.3, 0.4) is 0 Å². The first-order chi connectivity index (χ1) is 4.34. The van der Waals surface area contributed by atoms with Crippen molar-refractivity contribution in [1.29, 1.82) is 0 Å². The number of hydrogen-bond acceptors (Lipinski definition) is 2. The maximum atomic E-state index is 8.78. The number of nitrogens with two attached hydrogens (primary N) is 1. The first-order valence-electron chi connectivity index (χ1n) is 3.71. The zero-order valence-corrected chi connectivity index (χ0v) is 5.71. The standard InChI is InChI=1S/C7H15NO/c8-7-4-2-1-3-6(7)5-9/h6-7,9H,1-5,8H2/t6-,7-/m1/s1. The molecule has 0 aromatic rings. The normalized spacial score (nSPS) is 36.7. The highest BCUT2D eigenvalue weighted by Gasteiger charge is 2.19. The second-order valence-corrected chi connectivity index (χ2v) is 2.89. The van der Waals surface area contributed by atoms with Crippen molar-refractivity contribution in [2.45, 2.75) is 31.7 Å². The molecule has 1 aliphatic carbocycles. The molecule has 2 heteroatoms. The van der Waals surface area contributed by atoms with Gasteiger partial charge < -0.3 is 10.8 Å². The summed E-state index contributed by atoms with van der Waals surface area (Å²) in [4.78, 5) is 0. The van der Waals surface area contributed by atoms with E-state index in [0.717, 1.165) is 12.8 Å². The summed E-state index contributed by atoms with van der Waals surface area (Å²) < 4.78 is 0. The van der Waals surface area contributed by atoms with Crippen LogP contribution in [-0.2, 0) is 0 Å². The molecule has 0 aromatic heterocycles. The summed E-state index contributed by atoms with van der Waals surface area (Å²) in [6.07, 6.45) is 4.72. The molecule has 0 heterocycles. The Morgan fingerprint density at radius 3 is 2.44 bits per heavy atom. The Balaban J connectivity index is 2.30. The molecule has 2 atom stereocenters. The van der Waals surface area contributed by atoms with Crippen molar-refractivity contribution in [1.82, 2.24) is 0 Å². The minimum atomic E-state index is 0.267. The molecular formula is C7H15NO. The van der Waals surface area contributed by atoms with Crippen molar-refractivity contribution in [3.05, 3.63) is 0 Å². The number of rotatable bonds is 1. The van der Waals surface area contributed by atoms with Gasteiger partial charge in [-0.05, 0) is 18.8 Å². The molecule has 2 nitrogen and oxygen atoms in total. The van der Waals surface area contributed by atoms with Crippen molar-refractivity contribution in [3.8, 4) is 0 Å². The van der Waals surface area contributed by atoms with Crippen LogP contribution < -0.4 is 5.73 Å². The fraction of sp³-hybridized carbons (Fsp3) is 1.00. The maximum absolute atomic E-state index is 8.78. The minimum absolute atomic E-state index is 0.267. The quantitative estimate of drug-likeness (QED) is 0.541. The molecule has 3 N–H and O–H groups in total. The summed E-state index contributed by atoms with van der Waals surface area (Å²) in [5.41, 5.74) is 5.73. The zero-order chi connectivity index (χ0) is 6.69. The van der Waals surface area contributed by atoms with Gasteiger partial charge in [0.2, 0.25) is 0 Å². The molecule has 1 fully saturated rings. The average Bonchev–Trinajstić information content (AvgIpc) is 1.89. The lowest BCUT2D eigenvalue weighted by molar-refractivity contribution is 0.171. The molecule has 1 aliphatic rings. The average molecular weight is 129 g/mol. The second kappa shape index (κ2) is 3.18. The van der Waals surface area contributed by atoms with Crippen molar-refractivity contribution < 1.29 is 5.11 Å². The molecule has 0 spiro atoms. The zero-order valence-electron chi connectivity index (χ0n) is 5.71. The summed E-state index contributed by atoms with van der Waals surface area (Å²) in [7, 11) is 0. The van der Waals surface area contributed by atoms with E-state index in [4.69, 9.17) is 10.8 Å². The topological polar surface area (TPSA) is 46.2 Å². The van der Waals surface area contributed by atoms with Gasteiger partial charge in [0.05, 0.1) is 0 Å². The van der Waals surface area contributed by atoms with Crippen LogP contribution in [0.1, 0.15) is 25.7 Å². The van der Waals surface area contributed by atoms with Crippen molar-refractivity contribution in [3.63, 3.8) is 0 Å². The van der Waals surface area contributed by atoms with Crippen LogP contribution in [0, 0.1) is 5.92 Å². The lowest BCUT2D eigenvalue weighted by atomic mass is 9.86. The Morgan fingerprint density at radius 1 is 1.33 bits per heavy atom. The largest absolute Gasteiger partial charge is 0.396 e. The van der Waals surface area contributed by atoms with E-state index in [0.29, 0.717) is 5.92 Å². The summed E-state index contributed by atoms with van der Waals surface area (Å²) in [5.74, 6) is 0.388. The van der Waals surface area contributed by atoms with Crippen molar-refractivity contribution in [2.24, 2.45) is 11.7 Å². The summed E-state index contributed by atoms with van der Waals surface area (Å²) in [6.45, 7) is 0.279. The van der Waals surface area contributed by atoms with Gasteiger partial charge in [-0.3, -0.25) is 0 Å². The van der Waals surface area contributed by atoms with E-state index in [1.165, 1.54) is 12.8 Å². The van der Waals surface area contributed by atoms with Gasteiger partial charge in [0.1, 0.15) is 0 Å². The second-order valence-electron chi connectivity index (χ2n) is 2.89. The lowest BCUT2D eigenvalue weighted by Crippen LogP contribution is -2.34. The summed E-state index contributed by atoms with van der Waals surface area (Å²) >= 11 is 0. The molecule has 0 saturated heterocycles. The predicted octanol–water partition coefficient (Wildman–Crippen LogP) is 0.496. The smallest absolute Gasteiger partial charge is 0.0474 e. The van der Waals surface area contributed by atoms with Gasteiger partial charge in [-0.25, -0.2) is 0 Å². The van der Waals surface area contributed by atoms with Gasteiger partial charge in [-0.1, -0.05) is 12.8 Å². The van der Waals surface area contributed by atoms with Crippen molar-refractivity contribution in [2.75, 3.05) is 6.61 Å². The third-order valence-corrected chi connectivity index (χ3v) is 2.20. The molecule has 0 bridgehead atoms. The summed E-state index contributed by atoms with van der Waals surface area (Å²) in [6, 6.07) is 0.267. The van der Waals surface area contributed by atoms with Crippen LogP contribution in [0.25, 0.3) is 0 Å². The van der Waals surface area contributed by atoms with E-state index in [-0.39, 0.29) is 12.6 Å². The number of aliphatic hydroxyl groups excluding tert-OH is 1. The van der Waals surface area contributed by atoms with Crippen molar-refractivity contribution >= 4 is 0 Å². The van der Waals surface area contributed by atoms with E-state index in [9.17, 15) is 0 Å². The van der Waals surface area contributed by atoms with Crippen LogP contribution >= 0.6 is 0 Å². The Bertz CT molecular complexity index is 85.0. The van der Waals surface area contributed by atoms with E-state index in [2.05, 4.69) is 0 Å². The fourth-order valence-corrected chi connectivity index (χ4v) is 1.46. The molecule has 9 heavy (non-hydrogen) atoms. The van der Waals surface area contributed by atoms with Gasteiger partial charge in [0, 0.05) is 12.6 Å². The highest BCUT2D eigenvalue weighted by atomic mass is 16.3. The molecule has 0 amide bonds. The lowest BCUT2D eigenvalue weighted by Gasteiger charge is -2.26. The Hall–Kier alpha value is -0.0800. The highest BCUT2D eigenvalue weighted by molar-refractivity contribution is 4.76. The number of aliphatic hydroxyl groups is 1. The van der Waals surface area contributed by atoms with Crippen LogP contribution in [0.15, 0.2) is 0 Å². The summed E-state index contributed by atoms with van der Waals surface area (Å²) in [5, 5.41) is 8.78. The first-order valence-corrected chi connectivity index (χ1v) is 3.71. The van der Waals surface area contributed by atoms with E-state index in [1.54, 1.807) is 0 Å². The monoisotopic (exact) mass is 129 g/mol. The highest BCUT2D eigenvalue weighted by Crippen LogP contribution is 2.21. The van der Waals surface area contributed by atoms with E-state index < -0.39 is 0 Å². The third kappa shape index (κ3) is 1.66. The third-order valence-electron chi connectivity index (χ3n) is 2.20. The molecule has 1 rings (SSSR count). The van der Waals surface area contributed by atoms with Crippen LogP contribution in [0.5, 0.6) is 0 Å². The van der Waals surface area contributed by atoms with Crippen LogP contribution in [0.4, 0.5) is 0 Å². The van der Waals surface area contributed by atoms with Gasteiger partial charge in [0.25, 0.3) is 0 Å². The molecule has 1 saturated carbocycles. The van der Waals surface area contributed by atoms with Gasteiger partial charge in [0.15, 0.2) is 0 Å². The molecule has 0 aromatic carbocycles. The van der Waals surface area contributed by atoms with Gasteiger partial charge in [-0.15, -0.1) is 0 Å². The van der Waals surface area contributed by atoms with Gasteiger partial charge in [-0.2, -0.15) is 0 Å². The predicted molar refractivity (Wildman–Crippen MR) is 37.0 cm³/mol. The SMILES string of the molecule is N[C@@H]1CCCC[C@@H]1CO. The molecule has 0 aliphatic heterocycles. The fourth-order valence-electron chi connectivity index (χ4n) is 1.46. The Labute approximate surface area is 56.1 Å². The van der Waals surface area contributed by atoms with E-state index in [1.807, 2.05) is 0 Å². The molecule has 54 valence electrons. The Morgan fingerprint density at radius 2 is 2.00 bits per heavy atom. The maximum Gasteiger partial charge on any atom is 0.0474 e. The minimum Gasteiger partial charge on any atom is -0.396 e. The Kier molecular flexibility index (Phi) is 2.49. The van der Waals surface area contributed by atoms with Gasteiger partial charge >= 0.3 is 0 Å². The van der Waals surface area contributed by atoms with Crippen LogP contribution in [0.2, 0.25) is 0 Å².